The van der Waals surface area contributed by atoms with Gasteiger partial charge in [-0.1, -0.05) is 0 Å². The number of amides is 2. The van der Waals surface area contributed by atoms with Crippen LogP contribution in [0, 0.1) is 4.77 Å². The summed E-state index contributed by atoms with van der Waals surface area (Å²) < 4.78 is 1.77. The number of nitrogens with one attached hydrogen (secondary N) is 2. The quantitative estimate of drug-likeness (QED) is 0.594. The van der Waals surface area contributed by atoms with E-state index in [1.54, 1.807) is 22.8 Å². The third kappa shape index (κ3) is 1.80. The lowest BCUT2D eigenvalue weighted by Crippen LogP contribution is -2.19. The topological polar surface area (TPSA) is 84.0 Å². The number of fused-ring (bicyclic) bond motifs is 1. The van der Waals surface area contributed by atoms with E-state index in [9.17, 15) is 14.4 Å². The van der Waals surface area contributed by atoms with E-state index in [-0.39, 0.29) is 10.3 Å². The van der Waals surface area contributed by atoms with Gasteiger partial charge in [0.15, 0.2) is 4.77 Å². The molecule has 0 bridgehead atoms. The molecule has 0 saturated heterocycles. The van der Waals surface area contributed by atoms with E-state index in [0.29, 0.717) is 16.8 Å². The van der Waals surface area contributed by atoms with Crippen LogP contribution in [0.3, 0.4) is 0 Å². The van der Waals surface area contributed by atoms with Crippen molar-refractivity contribution in [1.82, 2.24) is 14.9 Å². The molecule has 2 N–H and O–H groups in total. The third-order valence-corrected chi connectivity index (χ3v) is 3.12. The van der Waals surface area contributed by atoms with Crippen molar-refractivity contribution >= 4 is 24.0 Å². The number of hydrogen-bond acceptors (Lipinski definition) is 4. The molecule has 2 amide bonds. The highest BCUT2D eigenvalue weighted by Gasteiger charge is 2.26. The summed E-state index contributed by atoms with van der Waals surface area (Å²) in [5, 5.41) is 2.21. The molecular formula is C12H7N3O3S. The van der Waals surface area contributed by atoms with Crippen molar-refractivity contribution in [2.24, 2.45) is 0 Å². The fourth-order valence-corrected chi connectivity index (χ4v) is 2.19. The molecule has 1 aliphatic heterocycles. The highest BCUT2D eigenvalue weighted by molar-refractivity contribution is 7.71. The van der Waals surface area contributed by atoms with Crippen molar-refractivity contribution in [3.8, 4) is 5.69 Å². The average Bonchev–Trinajstić information content (AvgIpc) is 2.65. The van der Waals surface area contributed by atoms with Gasteiger partial charge in [0, 0.05) is 18.0 Å². The Kier molecular flexibility index (Phi) is 2.42. The van der Waals surface area contributed by atoms with Gasteiger partial charge in [-0.15, -0.1) is 0 Å². The first kappa shape index (κ1) is 11.5. The van der Waals surface area contributed by atoms with Crippen molar-refractivity contribution in [1.29, 1.82) is 0 Å². The molecule has 6 nitrogen and oxygen atoms in total. The molecule has 1 aromatic carbocycles. The maximum absolute atomic E-state index is 11.6. The number of nitrogens with zero attached hydrogens (tertiary/aromatic N) is 1. The summed E-state index contributed by atoms with van der Waals surface area (Å²) in [4.78, 5) is 36.6. The molecule has 2 heterocycles. The van der Waals surface area contributed by atoms with Gasteiger partial charge >= 0.3 is 0 Å². The van der Waals surface area contributed by atoms with Crippen molar-refractivity contribution in [2.45, 2.75) is 0 Å². The largest absolute Gasteiger partial charge is 0.299 e. The van der Waals surface area contributed by atoms with E-state index < -0.39 is 11.8 Å². The van der Waals surface area contributed by atoms with Gasteiger partial charge in [-0.3, -0.25) is 29.3 Å². The summed E-state index contributed by atoms with van der Waals surface area (Å²) in [5.74, 6) is -0.839. The Balaban J connectivity index is 2.21. The van der Waals surface area contributed by atoms with Gasteiger partial charge in [-0.25, -0.2) is 0 Å². The van der Waals surface area contributed by atoms with Crippen LogP contribution in [0.5, 0.6) is 0 Å². The zero-order chi connectivity index (χ0) is 13.6. The number of imide groups is 1. The number of carbonyl (C=O) groups excluding carboxylic acids is 2. The van der Waals surface area contributed by atoms with Crippen molar-refractivity contribution in [3.63, 3.8) is 0 Å². The highest BCUT2D eigenvalue weighted by atomic mass is 32.1. The molecule has 0 atom stereocenters. The Hall–Kier alpha value is -2.54. The average molecular weight is 273 g/mol. The van der Waals surface area contributed by atoms with Crippen LogP contribution in [0.4, 0.5) is 0 Å². The molecule has 94 valence electrons. The van der Waals surface area contributed by atoms with Crippen molar-refractivity contribution in [3.05, 3.63) is 56.7 Å². The molecule has 0 aliphatic carbocycles. The van der Waals surface area contributed by atoms with Crippen molar-refractivity contribution < 1.29 is 9.59 Å². The van der Waals surface area contributed by atoms with Crippen LogP contribution in [0.25, 0.3) is 5.69 Å². The Labute approximate surface area is 111 Å². The first-order valence-electron chi connectivity index (χ1n) is 5.38. The summed E-state index contributed by atoms with van der Waals surface area (Å²) in [6.07, 6.45) is 1.51. The minimum atomic E-state index is -0.433. The van der Waals surface area contributed by atoms with Gasteiger partial charge in [0.1, 0.15) is 0 Å². The fraction of sp³-hybridized carbons (Fsp3) is 0. The molecule has 2 aromatic rings. The standard InChI is InChI=1S/C12H7N3O3S/c16-9-3-4-15(12(19)13-9)6-1-2-7-8(5-6)11(18)14-10(7)17/h1-5H,(H,13,16,19)(H,14,17,18). The van der Waals surface area contributed by atoms with Crippen LogP contribution in [0.15, 0.2) is 35.3 Å². The minimum Gasteiger partial charge on any atom is -0.299 e. The van der Waals surface area contributed by atoms with E-state index in [4.69, 9.17) is 12.2 Å². The molecular weight excluding hydrogens is 266 g/mol. The summed E-state index contributed by atoms with van der Waals surface area (Å²) in [5.41, 5.74) is 0.945. The van der Waals surface area contributed by atoms with Crippen LogP contribution in [-0.4, -0.2) is 21.4 Å². The van der Waals surface area contributed by atoms with Gasteiger partial charge < -0.3 is 0 Å². The monoisotopic (exact) mass is 273 g/mol. The molecule has 0 radical (unpaired) electrons. The lowest BCUT2D eigenvalue weighted by Gasteiger charge is -2.06. The molecule has 7 heteroatoms. The SMILES string of the molecule is O=C1NC(=O)c2cc(-n3ccc(=O)[nH]c3=S)ccc21. The Bertz CT molecular complexity index is 835. The van der Waals surface area contributed by atoms with Gasteiger partial charge in [0.05, 0.1) is 11.1 Å². The summed E-state index contributed by atoms with van der Waals surface area (Å²) in [7, 11) is 0. The Morgan fingerprint density at radius 2 is 1.74 bits per heavy atom. The Morgan fingerprint density at radius 3 is 2.47 bits per heavy atom. The molecule has 3 rings (SSSR count). The minimum absolute atomic E-state index is 0.220. The Morgan fingerprint density at radius 1 is 1.00 bits per heavy atom. The summed E-state index contributed by atoms with van der Waals surface area (Å²) in [6.45, 7) is 0. The van der Waals surface area contributed by atoms with Gasteiger partial charge in [-0.05, 0) is 30.4 Å². The fourth-order valence-electron chi connectivity index (χ4n) is 1.93. The van der Waals surface area contributed by atoms with Crippen molar-refractivity contribution in [2.75, 3.05) is 0 Å². The van der Waals surface area contributed by atoms with E-state index in [2.05, 4.69) is 10.3 Å². The molecule has 0 fully saturated rings. The maximum Gasteiger partial charge on any atom is 0.259 e. The summed E-state index contributed by atoms with van der Waals surface area (Å²) in [6, 6.07) is 6.10. The summed E-state index contributed by atoms with van der Waals surface area (Å²) >= 11 is 5.04. The first-order chi connectivity index (χ1) is 9.06. The number of H-pyrrole nitrogens is 1. The van der Waals surface area contributed by atoms with Crippen LogP contribution in [0.1, 0.15) is 20.7 Å². The van der Waals surface area contributed by atoms with E-state index in [0.717, 1.165) is 0 Å². The zero-order valence-electron chi connectivity index (χ0n) is 9.47. The third-order valence-electron chi connectivity index (χ3n) is 2.82. The van der Waals surface area contributed by atoms with Crippen LogP contribution in [-0.2, 0) is 0 Å². The second-order valence-electron chi connectivity index (χ2n) is 3.99. The lowest BCUT2D eigenvalue weighted by molar-refractivity contribution is 0.0879. The molecule has 1 aliphatic rings. The van der Waals surface area contributed by atoms with E-state index in [1.807, 2.05) is 0 Å². The molecule has 1 aromatic heterocycles. The molecule has 0 spiro atoms. The zero-order valence-corrected chi connectivity index (χ0v) is 10.3. The molecule has 0 unspecified atom stereocenters. The number of benzene rings is 1. The van der Waals surface area contributed by atoms with E-state index >= 15 is 0 Å². The van der Waals surface area contributed by atoms with Gasteiger partial charge in [0.2, 0.25) is 0 Å². The smallest absolute Gasteiger partial charge is 0.259 e. The number of hydrogen-bond donors (Lipinski definition) is 2. The molecule has 19 heavy (non-hydrogen) atoms. The van der Waals surface area contributed by atoms with Crippen LogP contribution >= 0.6 is 12.2 Å². The number of aromatic amines is 1. The predicted octanol–water partition coefficient (Wildman–Crippen LogP) is 0.779. The number of carbonyl (C=O) groups is 2. The van der Waals surface area contributed by atoms with Gasteiger partial charge in [0.25, 0.3) is 17.4 Å². The first-order valence-corrected chi connectivity index (χ1v) is 5.79. The highest BCUT2D eigenvalue weighted by Crippen LogP contribution is 2.19. The lowest BCUT2D eigenvalue weighted by atomic mass is 10.1. The second kappa shape index (κ2) is 3.99. The molecule has 0 saturated carbocycles. The second-order valence-corrected chi connectivity index (χ2v) is 4.38. The number of rotatable bonds is 1. The number of aromatic nitrogens is 2. The van der Waals surface area contributed by atoms with Crippen LogP contribution < -0.4 is 10.9 Å². The predicted molar refractivity (Wildman–Crippen MR) is 69.0 cm³/mol. The normalized spacial score (nSPS) is 13.3. The maximum atomic E-state index is 11.6. The van der Waals surface area contributed by atoms with Crippen LogP contribution in [0.2, 0.25) is 0 Å². The van der Waals surface area contributed by atoms with E-state index in [1.165, 1.54) is 12.3 Å². The van der Waals surface area contributed by atoms with Gasteiger partial charge in [-0.2, -0.15) is 0 Å².